The second kappa shape index (κ2) is 8.23. The van der Waals surface area contributed by atoms with Gasteiger partial charge in [-0.1, -0.05) is 87.0 Å². The van der Waals surface area contributed by atoms with Gasteiger partial charge in [0, 0.05) is 0 Å². The van der Waals surface area contributed by atoms with Crippen LogP contribution >= 0.6 is 0 Å². The van der Waals surface area contributed by atoms with Gasteiger partial charge >= 0.3 is 0 Å². The van der Waals surface area contributed by atoms with Gasteiger partial charge < -0.3 is 0 Å². The van der Waals surface area contributed by atoms with Crippen molar-refractivity contribution in [1.82, 2.24) is 0 Å². The van der Waals surface area contributed by atoms with Crippen molar-refractivity contribution in [3.8, 4) is 0 Å². The van der Waals surface area contributed by atoms with Crippen LogP contribution in [0.25, 0.3) is 0 Å². The van der Waals surface area contributed by atoms with Crippen molar-refractivity contribution in [3.63, 3.8) is 0 Å². The van der Waals surface area contributed by atoms with E-state index in [1.807, 2.05) is 0 Å². The van der Waals surface area contributed by atoms with Crippen LogP contribution in [0.2, 0.25) is 0 Å². The Hall–Kier alpha value is 0. The van der Waals surface area contributed by atoms with E-state index in [0.717, 1.165) is 5.92 Å². The van der Waals surface area contributed by atoms with Crippen molar-refractivity contribution in [2.24, 2.45) is 16.7 Å². The van der Waals surface area contributed by atoms with E-state index in [9.17, 15) is 0 Å². The minimum absolute atomic E-state index is 0.453. The molecule has 0 rings (SSSR count). The summed E-state index contributed by atoms with van der Waals surface area (Å²) in [5, 5.41) is 0. The number of rotatable bonds is 10. The fourth-order valence-corrected chi connectivity index (χ4v) is 3.00. The second-order valence-electron chi connectivity index (χ2n) is 7.35. The van der Waals surface area contributed by atoms with Crippen molar-refractivity contribution in [3.05, 3.63) is 0 Å². The van der Waals surface area contributed by atoms with Crippen LogP contribution in [0.5, 0.6) is 0 Å². The van der Waals surface area contributed by atoms with Crippen LogP contribution in [0.3, 0.4) is 0 Å². The molecular formula is C18H38. The van der Waals surface area contributed by atoms with E-state index in [1.165, 1.54) is 51.4 Å². The first-order valence-corrected chi connectivity index (χ1v) is 8.31. The van der Waals surface area contributed by atoms with Crippen molar-refractivity contribution in [2.75, 3.05) is 0 Å². The molecule has 0 unspecified atom stereocenters. The van der Waals surface area contributed by atoms with Crippen LogP contribution in [0.1, 0.15) is 99.8 Å². The fraction of sp³-hybridized carbons (Fsp3) is 1.00. The lowest BCUT2D eigenvalue weighted by Crippen LogP contribution is -2.39. The average Bonchev–Trinajstić information content (AvgIpc) is 2.29. The molecule has 0 bridgehead atoms. The quantitative estimate of drug-likeness (QED) is 0.374. The fourth-order valence-electron chi connectivity index (χ4n) is 3.00. The maximum atomic E-state index is 2.55. The summed E-state index contributed by atoms with van der Waals surface area (Å²) in [6, 6.07) is 0. The highest BCUT2D eigenvalue weighted by Gasteiger charge is 2.41. The minimum atomic E-state index is 0.453. The highest BCUT2D eigenvalue weighted by atomic mass is 14.5. The van der Waals surface area contributed by atoms with E-state index in [0.29, 0.717) is 10.8 Å². The van der Waals surface area contributed by atoms with Crippen LogP contribution in [0.15, 0.2) is 0 Å². The summed E-state index contributed by atoms with van der Waals surface area (Å²) in [4.78, 5) is 0. The second-order valence-corrected chi connectivity index (χ2v) is 7.35. The molecule has 0 radical (unpaired) electrons. The summed E-state index contributed by atoms with van der Waals surface area (Å²) in [6.45, 7) is 17.0. The average molecular weight is 255 g/mol. The van der Waals surface area contributed by atoms with Gasteiger partial charge in [0.25, 0.3) is 0 Å². The van der Waals surface area contributed by atoms with Gasteiger partial charge in [0.2, 0.25) is 0 Å². The molecule has 0 fully saturated rings. The first kappa shape index (κ1) is 18.0. The lowest BCUT2D eigenvalue weighted by atomic mass is 9.57. The molecule has 0 atom stereocenters. The van der Waals surface area contributed by atoms with Gasteiger partial charge in [-0.2, -0.15) is 0 Å². The Morgan fingerprint density at radius 1 is 0.722 bits per heavy atom. The molecule has 0 spiro atoms. The predicted molar refractivity (Wildman–Crippen MR) is 85.0 cm³/mol. The van der Waals surface area contributed by atoms with Gasteiger partial charge in [0.1, 0.15) is 0 Å². The molecule has 18 heavy (non-hydrogen) atoms. The molecule has 0 N–H and O–H groups in total. The summed E-state index contributed by atoms with van der Waals surface area (Å²) in [5.41, 5.74) is 0.972. The number of hydrogen-bond donors (Lipinski definition) is 0. The summed E-state index contributed by atoms with van der Waals surface area (Å²) in [7, 11) is 0. The van der Waals surface area contributed by atoms with Crippen LogP contribution in [0, 0.1) is 16.7 Å². The van der Waals surface area contributed by atoms with E-state index in [1.54, 1.807) is 0 Å². The highest BCUT2D eigenvalue weighted by Crippen LogP contribution is 2.51. The third kappa shape index (κ3) is 4.94. The van der Waals surface area contributed by atoms with E-state index in [4.69, 9.17) is 0 Å². The van der Waals surface area contributed by atoms with E-state index in [-0.39, 0.29) is 0 Å². The van der Waals surface area contributed by atoms with Crippen molar-refractivity contribution < 1.29 is 0 Å². The third-order valence-corrected chi connectivity index (χ3v) is 5.66. The number of hydrogen-bond acceptors (Lipinski definition) is 0. The molecule has 0 aromatic carbocycles. The van der Waals surface area contributed by atoms with Gasteiger partial charge in [0.05, 0.1) is 0 Å². The van der Waals surface area contributed by atoms with Gasteiger partial charge in [-0.05, 0) is 29.6 Å². The zero-order chi connectivity index (χ0) is 14.2. The van der Waals surface area contributed by atoms with Crippen molar-refractivity contribution in [2.45, 2.75) is 99.8 Å². The molecule has 0 aromatic rings. The van der Waals surface area contributed by atoms with Crippen LogP contribution in [0.4, 0.5) is 0 Å². The van der Waals surface area contributed by atoms with Gasteiger partial charge in [-0.15, -0.1) is 0 Å². The smallest absolute Gasteiger partial charge is 0.0272 e. The Kier molecular flexibility index (Phi) is 8.23. The summed E-state index contributed by atoms with van der Waals surface area (Å²) in [6.07, 6.45) is 11.1. The summed E-state index contributed by atoms with van der Waals surface area (Å²) >= 11 is 0. The minimum Gasteiger partial charge on any atom is -0.0654 e. The molecule has 0 aliphatic rings. The molecule has 0 aliphatic heterocycles. The molecule has 0 heterocycles. The Morgan fingerprint density at radius 2 is 1.11 bits per heavy atom. The topological polar surface area (TPSA) is 0 Å². The first-order chi connectivity index (χ1) is 8.31. The largest absolute Gasteiger partial charge is 0.0654 e. The lowest BCUT2D eigenvalue weighted by molar-refractivity contribution is 0.0174. The highest BCUT2D eigenvalue weighted by molar-refractivity contribution is 4.91. The van der Waals surface area contributed by atoms with E-state index in [2.05, 4.69) is 48.5 Å². The molecule has 0 aliphatic carbocycles. The Morgan fingerprint density at radius 3 is 1.39 bits per heavy atom. The predicted octanol–water partition coefficient (Wildman–Crippen LogP) is 6.84. The molecular weight excluding hydrogens is 216 g/mol. The monoisotopic (exact) mass is 254 g/mol. The zero-order valence-corrected chi connectivity index (χ0v) is 14.2. The van der Waals surface area contributed by atoms with E-state index < -0.39 is 0 Å². The Bertz CT molecular complexity index is 190. The molecule has 0 nitrogen and oxygen atoms in total. The molecule has 110 valence electrons. The molecule has 0 saturated heterocycles. The van der Waals surface area contributed by atoms with Crippen molar-refractivity contribution in [1.29, 1.82) is 0 Å². The van der Waals surface area contributed by atoms with E-state index >= 15 is 0 Å². The van der Waals surface area contributed by atoms with Crippen LogP contribution in [-0.4, -0.2) is 0 Å². The zero-order valence-electron chi connectivity index (χ0n) is 14.2. The van der Waals surface area contributed by atoms with Crippen molar-refractivity contribution >= 4 is 0 Å². The summed E-state index contributed by atoms with van der Waals surface area (Å²) in [5.74, 6) is 0.769. The molecule has 0 saturated carbocycles. The maximum absolute atomic E-state index is 2.55. The van der Waals surface area contributed by atoms with Gasteiger partial charge in [0.15, 0.2) is 0 Å². The van der Waals surface area contributed by atoms with Gasteiger partial charge in [-0.25, -0.2) is 0 Å². The maximum Gasteiger partial charge on any atom is -0.0272 e. The number of unbranched alkanes of at least 4 members (excludes halogenated alkanes) is 4. The molecule has 0 amide bonds. The lowest BCUT2D eigenvalue weighted by Gasteiger charge is -2.48. The Labute approximate surface area is 117 Å². The van der Waals surface area contributed by atoms with Gasteiger partial charge in [-0.3, -0.25) is 0 Å². The standard InChI is InChI=1S/C18H38/c1-8-10-12-14-18(7,15-13-11-9-2)17(5,6)16(3)4/h16H,8-15H2,1-7H3. The first-order valence-electron chi connectivity index (χ1n) is 8.31. The molecule has 0 aromatic heterocycles. The third-order valence-electron chi connectivity index (χ3n) is 5.66. The SMILES string of the molecule is CCCCCC(C)(CCCCC)C(C)(C)C(C)C. The normalized spacial score (nSPS) is 13.3. The summed E-state index contributed by atoms with van der Waals surface area (Å²) < 4.78 is 0. The van der Waals surface area contributed by atoms with Crippen LogP contribution < -0.4 is 0 Å². The Balaban J connectivity index is 4.67. The van der Waals surface area contributed by atoms with Crippen LogP contribution in [-0.2, 0) is 0 Å². The molecule has 0 heteroatoms.